The largest absolute Gasteiger partial charge is 0.309 e. The Hall–Kier alpha value is -7.76. The van der Waals surface area contributed by atoms with Crippen molar-refractivity contribution in [3.05, 3.63) is 242 Å². The van der Waals surface area contributed by atoms with Gasteiger partial charge in [0.15, 0.2) is 8.07 Å². The molecule has 0 aliphatic carbocycles. The summed E-state index contributed by atoms with van der Waals surface area (Å²) in [6.45, 7) is 0. The minimum atomic E-state index is -6.34. The van der Waals surface area contributed by atoms with E-state index in [0.717, 1.165) is 42.3 Å². The number of nitrogens with zero attached hydrogens (tertiary/aromatic N) is 2. The monoisotopic (exact) mass is 871 g/mol. The van der Waals surface area contributed by atoms with Gasteiger partial charge in [-0.3, -0.25) is 0 Å². The number of hydrogen-bond donors (Lipinski definition) is 0. The first-order valence-electron chi connectivity index (χ1n) is 31.6. The summed E-state index contributed by atoms with van der Waals surface area (Å²) in [6, 6.07) is 8.25. The summed E-state index contributed by atoms with van der Waals surface area (Å²) in [5.74, 6) is 0. The zero-order valence-electron chi connectivity index (χ0n) is 56.1. The van der Waals surface area contributed by atoms with Crippen LogP contribution in [0.3, 0.4) is 0 Å². The van der Waals surface area contributed by atoms with Crippen LogP contribution < -0.4 is 20.7 Å². The highest BCUT2D eigenvalue weighted by atomic mass is 32.1. The van der Waals surface area contributed by atoms with Crippen molar-refractivity contribution in [3.63, 3.8) is 0 Å². The van der Waals surface area contributed by atoms with Crippen molar-refractivity contribution in [3.8, 4) is 22.5 Å². The molecule has 13 rings (SSSR count). The third-order valence-electron chi connectivity index (χ3n) is 11.8. The highest BCUT2D eigenvalue weighted by Gasteiger charge is 2.41. The molecule has 0 aliphatic heterocycles. The van der Waals surface area contributed by atoms with Crippen LogP contribution in [0.4, 0.5) is 0 Å². The molecule has 64 heavy (non-hydrogen) atoms. The first-order chi connectivity index (χ1) is 41.3. The van der Waals surface area contributed by atoms with Gasteiger partial charge in [-0.25, -0.2) is 0 Å². The van der Waals surface area contributed by atoms with Crippen molar-refractivity contribution in [1.29, 1.82) is 0 Å². The number of rotatable bonds is 7. The Balaban J connectivity index is 1.24. The number of thiophene rings is 1. The van der Waals surface area contributed by atoms with Crippen LogP contribution in [0.5, 0.6) is 0 Å². The Kier molecular flexibility index (Phi) is 4.73. The highest BCUT2D eigenvalue weighted by Crippen LogP contribution is 2.47. The van der Waals surface area contributed by atoms with E-state index in [0.29, 0.717) is 27.2 Å². The highest BCUT2D eigenvalue weighted by molar-refractivity contribution is 7.26. The molecule has 0 bridgehead atoms. The maximum Gasteiger partial charge on any atom is 0.179 e. The third-order valence-corrected chi connectivity index (χ3v) is 17.0. The van der Waals surface area contributed by atoms with E-state index in [-0.39, 0.29) is 0 Å². The van der Waals surface area contributed by atoms with Crippen LogP contribution in [0.25, 0.3) is 86.3 Å². The molecule has 2 nitrogen and oxygen atoms in total. The normalized spacial score (nSPS) is 17.1. The summed E-state index contributed by atoms with van der Waals surface area (Å²) in [5, 5.41) is 0.529. The fourth-order valence-corrected chi connectivity index (χ4v) is 13.8. The van der Waals surface area contributed by atoms with E-state index in [1.165, 1.54) is 11.3 Å². The molecule has 0 saturated carbocycles. The van der Waals surface area contributed by atoms with Gasteiger partial charge in [-0.2, -0.15) is 0 Å². The van der Waals surface area contributed by atoms with Crippen molar-refractivity contribution in [2.45, 2.75) is 0 Å². The van der Waals surface area contributed by atoms with Crippen molar-refractivity contribution < 1.29 is 31.5 Å². The molecule has 10 aromatic carbocycles. The van der Waals surface area contributed by atoms with Gasteiger partial charge >= 0.3 is 0 Å². The molecule has 0 fully saturated rings. The van der Waals surface area contributed by atoms with E-state index in [2.05, 4.69) is 4.57 Å². The Morgan fingerprint density at radius 3 is 1.41 bits per heavy atom. The van der Waals surface area contributed by atoms with Gasteiger partial charge < -0.3 is 9.13 Å². The summed E-state index contributed by atoms with van der Waals surface area (Å²) in [7, 11) is -6.34. The smallest absolute Gasteiger partial charge is 0.179 e. The van der Waals surface area contributed by atoms with Crippen LogP contribution in [-0.4, -0.2) is 17.2 Å². The molecule has 4 heteroatoms. The second kappa shape index (κ2) is 14.7. The lowest BCUT2D eigenvalue weighted by Gasteiger charge is -2.34. The fourth-order valence-electron chi connectivity index (χ4n) is 9.13. The minimum Gasteiger partial charge on any atom is -0.309 e. The van der Waals surface area contributed by atoms with Gasteiger partial charge in [0.25, 0.3) is 0 Å². The second-order valence-corrected chi connectivity index (χ2v) is 19.6. The first kappa shape index (κ1) is 20.6. The molecule has 300 valence electrons. The van der Waals surface area contributed by atoms with E-state index < -0.39 is 185 Å². The fraction of sp³-hybridized carbons (Fsp3) is 0. The number of fused-ring (bicyclic) bond motifs is 10. The van der Waals surface area contributed by atoms with Crippen molar-refractivity contribution in [1.82, 2.24) is 9.13 Å². The number of hydrogen-bond acceptors (Lipinski definition) is 1. The summed E-state index contributed by atoms with van der Waals surface area (Å²) in [4.78, 5) is 0. The van der Waals surface area contributed by atoms with Crippen molar-refractivity contribution in [2.75, 3.05) is 0 Å². The Morgan fingerprint density at radius 2 is 0.828 bits per heavy atom. The van der Waals surface area contributed by atoms with E-state index in [1.807, 2.05) is 91.0 Å². The SMILES string of the molecule is [2H]c1c([2H])c([2H])c(-c2c([2H])c([2H])c([Si](c3c([2H])c([2H])c([2H])c([2H])c3[2H])(c3c([2H])c([2H])c([2H])c([2H])c3[2H])c3c([2H])c([2H])c(-n4c5ccccc5c5cc(-n6c7ccccc7c7ccccc76)c6sc7ccccc7c6c54)c([2H])c3[2H])c([2H])c2[2H])c([2H])c1[2H]. The molecule has 0 amide bonds. The molecular formula is C60H40N2SSi. The second-order valence-electron chi connectivity index (χ2n) is 15.0. The van der Waals surface area contributed by atoms with Crippen LogP contribution in [0.1, 0.15) is 31.5 Å². The van der Waals surface area contributed by atoms with Gasteiger partial charge in [-0.15, -0.1) is 11.3 Å². The molecule has 0 radical (unpaired) electrons. The zero-order valence-corrected chi connectivity index (χ0v) is 34.9. The summed E-state index contributed by atoms with van der Waals surface area (Å²) >= 11 is 1.50. The topological polar surface area (TPSA) is 9.86 Å². The minimum absolute atomic E-state index is 0.388. The van der Waals surface area contributed by atoms with Crippen LogP contribution in [0.15, 0.2) is 242 Å². The summed E-state index contributed by atoms with van der Waals surface area (Å²) in [6.07, 6.45) is 0. The van der Waals surface area contributed by atoms with E-state index in [4.69, 9.17) is 15.1 Å². The van der Waals surface area contributed by atoms with E-state index in [9.17, 15) is 16.4 Å². The zero-order chi connectivity index (χ0) is 62.2. The van der Waals surface area contributed by atoms with Crippen molar-refractivity contribution in [2.24, 2.45) is 0 Å². The molecule has 0 aliphatic rings. The number of para-hydroxylation sites is 3. The number of benzene rings is 10. The third kappa shape index (κ3) is 5.43. The van der Waals surface area contributed by atoms with Gasteiger partial charge in [-0.1, -0.05) is 200 Å². The van der Waals surface area contributed by atoms with Gasteiger partial charge in [0.05, 0.1) is 64.0 Å². The maximum atomic E-state index is 10.5. The van der Waals surface area contributed by atoms with Crippen LogP contribution in [0, 0.1) is 0 Å². The molecule has 0 saturated heterocycles. The Labute approximate surface area is 408 Å². The lowest BCUT2D eigenvalue weighted by Crippen LogP contribution is -2.74. The lowest BCUT2D eigenvalue weighted by molar-refractivity contribution is 1.18. The van der Waals surface area contributed by atoms with Crippen molar-refractivity contribution >= 4 is 104 Å². The predicted octanol–water partition coefficient (Wildman–Crippen LogP) is 13.3. The van der Waals surface area contributed by atoms with Gasteiger partial charge in [0.1, 0.15) is 0 Å². The maximum absolute atomic E-state index is 10.5. The number of aromatic nitrogens is 2. The van der Waals surface area contributed by atoms with Gasteiger partial charge in [0.2, 0.25) is 0 Å². The Bertz CT molecular complexity index is 5030. The predicted molar refractivity (Wildman–Crippen MR) is 277 cm³/mol. The molecule has 3 aromatic heterocycles. The van der Waals surface area contributed by atoms with Crippen LogP contribution in [-0.2, 0) is 0 Å². The van der Waals surface area contributed by atoms with E-state index in [1.54, 1.807) is 16.7 Å². The first-order valence-corrected chi connectivity index (χ1v) is 23.0. The lowest BCUT2D eigenvalue weighted by atomic mass is 10.1. The average Bonchev–Trinajstić information content (AvgIpc) is 1.28. The van der Waals surface area contributed by atoms with E-state index >= 15 is 0 Å². The molecule has 0 atom stereocenters. The summed E-state index contributed by atoms with van der Waals surface area (Å²) in [5.41, 5.74) is 1.34. The van der Waals surface area contributed by atoms with Gasteiger partial charge in [0, 0.05) is 42.7 Å². The Morgan fingerprint density at radius 1 is 0.391 bits per heavy atom. The molecule has 0 spiro atoms. The molecule has 13 aromatic rings. The average molecular weight is 872 g/mol. The van der Waals surface area contributed by atoms with Crippen LogP contribution in [0.2, 0.25) is 0 Å². The van der Waals surface area contributed by atoms with Crippen LogP contribution >= 0.6 is 11.3 Å². The molecular weight excluding hydrogens is 809 g/mol. The molecule has 3 heterocycles. The quantitative estimate of drug-likeness (QED) is 0.112. The molecule has 0 unspecified atom stereocenters. The molecule has 0 N–H and O–H groups in total. The standard InChI is InChI=1S/C60H40N2SSi/c1-4-18-41(19-5-1)42-32-36-46(37-33-42)64(44-20-6-2-7-21-44,45-22-8-3-9-23-45)47-38-34-43(35-39-47)61-53-28-14-12-26-50(53)52-40-56(60-58(59(52)61)51-27-13-17-31-57(51)63-60)62-54-29-15-10-24-48(54)49-25-11-16-30-55(49)62/h1-40H/i1D,2D,3D,4D,5D,6D,7D,8D,9D,18D,19D,20D,21D,22D,23D,32D,33D,34D,35D,36D,37D,38D,39D. The van der Waals surface area contributed by atoms with Gasteiger partial charge in [-0.05, 0) is 74.3 Å². The summed E-state index contributed by atoms with van der Waals surface area (Å²) < 4.78 is 222.